The molecule has 2 amide bonds. The Morgan fingerprint density at radius 3 is 2.58 bits per heavy atom. The molecule has 2 aromatic carbocycles. The predicted octanol–water partition coefficient (Wildman–Crippen LogP) is 2.68. The molecule has 4 aromatic rings. The van der Waals surface area contributed by atoms with Gasteiger partial charge in [0.15, 0.2) is 22.9 Å². The minimum Gasteiger partial charge on any atom is -0.502 e. The van der Waals surface area contributed by atoms with E-state index in [9.17, 15) is 28.3 Å². The summed E-state index contributed by atoms with van der Waals surface area (Å²) < 4.78 is 39.8. The summed E-state index contributed by atoms with van der Waals surface area (Å²) in [6, 6.07) is 13.5. The van der Waals surface area contributed by atoms with Gasteiger partial charge in [0.2, 0.25) is 5.43 Å². The molecule has 11 nitrogen and oxygen atoms in total. The molecular weight excluding hydrogens is 564 g/mol. The van der Waals surface area contributed by atoms with E-state index < -0.39 is 40.2 Å². The smallest absolute Gasteiger partial charge is 0.278 e. The van der Waals surface area contributed by atoms with Crippen molar-refractivity contribution in [2.24, 2.45) is 0 Å². The molecule has 0 saturated heterocycles. The Balaban J connectivity index is 1.33. The second kappa shape index (κ2) is 11.4. The number of hydrogen-bond donors (Lipinski definition) is 2. The average molecular weight is 590 g/mol. The normalized spacial score (nSPS) is 14.0. The van der Waals surface area contributed by atoms with Crippen molar-refractivity contribution in [2.75, 3.05) is 24.9 Å². The maximum atomic E-state index is 14.1. The molecule has 6 rings (SSSR count). The summed E-state index contributed by atoms with van der Waals surface area (Å²) in [5.41, 5.74) is -0.518. The van der Waals surface area contributed by atoms with Crippen LogP contribution in [0.2, 0.25) is 0 Å². The molecule has 0 bridgehead atoms. The molecule has 13 heteroatoms. The summed E-state index contributed by atoms with van der Waals surface area (Å²) in [4.78, 5) is 45.7. The lowest BCUT2D eigenvalue weighted by molar-refractivity contribution is 0.0668. The van der Waals surface area contributed by atoms with Gasteiger partial charge in [-0.3, -0.25) is 29.1 Å². The number of aromatic nitrogens is 2. The number of ether oxygens (including phenoxy) is 2. The Morgan fingerprint density at radius 1 is 1.00 bits per heavy atom. The number of benzene rings is 2. The minimum absolute atomic E-state index is 0.00114. The molecule has 2 aromatic heterocycles. The molecule has 0 atom stereocenters. The Kier molecular flexibility index (Phi) is 7.36. The van der Waals surface area contributed by atoms with Crippen LogP contribution in [0.15, 0.2) is 71.8 Å². The number of nitrogens with one attached hydrogen (secondary N) is 1. The number of carbonyl (C=O) groups is 2. The van der Waals surface area contributed by atoms with E-state index in [1.165, 1.54) is 15.6 Å². The first-order valence-electron chi connectivity index (χ1n) is 13.3. The number of rotatable bonds is 7. The topological polar surface area (TPSA) is 126 Å². The first-order chi connectivity index (χ1) is 20.8. The van der Waals surface area contributed by atoms with E-state index in [-0.39, 0.29) is 37.6 Å². The highest BCUT2D eigenvalue weighted by Gasteiger charge is 2.35. The van der Waals surface area contributed by atoms with E-state index >= 15 is 0 Å². The molecule has 0 unspecified atom stereocenters. The second-order valence-corrected chi connectivity index (χ2v) is 9.94. The lowest BCUT2D eigenvalue weighted by Gasteiger charge is -2.39. The predicted molar refractivity (Wildman–Crippen MR) is 148 cm³/mol. The first kappa shape index (κ1) is 27.7. The van der Waals surface area contributed by atoms with Crippen molar-refractivity contribution in [2.45, 2.75) is 19.6 Å². The molecule has 43 heavy (non-hydrogen) atoms. The zero-order valence-electron chi connectivity index (χ0n) is 22.6. The van der Waals surface area contributed by atoms with Crippen LogP contribution in [0.5, 0.6) is 17.2 Å². The Labute approximate surface area is 243 Å². The molecule has 220 valence electrons. The molecule has 2 N–H and O–H groups in total. The van der Waals surface area contributed by atoms with Gasteiger partial charge in [0, 0.05) is 37.1 Å². The standard InChI is InChI=1S/C30H25F2N5O6/c31-20-6-5-19(23(32)12-20)13-34-29(40)22-16-37-26(28(39)27(22)38)30(41)35(17-36(37)15-21-3-1-2-8-33-21)14-18-4-7-24-25(11-18)43-10-9-42-24/h1-8,11-12,16,39H,9-10,13-15,17H2,(H,34,40). The number of pyridine rings is 2. The molecule has 2 aliphatic rings. The SMILES string of the molecule is O=C(NCc1ccc(F)cc1F)c1cn2c(c(O)c1=O)C(=O)N(Cc1ccc3c(c1)OCCO3)CN2Cc1ccccn1. The van der Waals surface area contributed by atoms with Gasteiger partial charge in [-0.1, -0.05) is 18.2 Å². The highest BCUT2D eigenvalue weighted by atomic mass is 19.1. The zero-order valence-corrected chi connectivity index (χ0v) is 22.6. The number of nitrogens with zero attached hydrogens (tertiary/aromatic N) is 4. The van der Waals surface area contributed by atoms with Crippen LogP contribution in [-0.4, -0.2) is 51.4 Å². The Bertz CT molecular complexity index is 1780. The van der Waals surface area contributed by atoms with Gasteiger partial charge >= 0.3 is 0 Å². The molecule has 0 fully saturated rings. The Hall–Kier alpha value is -5.46. The molecule has 0 radical (unpaired) electrons. The van der Waals surface area contributed by atoms with Gasteiger partial charge in [-0.2, -0.15) is 0 Å². The number of aromatic hydroxyl groups is 1. The lowest BCUT2D eigenvalue weighted by atomic mass is 10.1. The van der Waals surface area contributed by atoms with Gasteiger partial charge < -0.3 is 24.8 Å². The first-order valence-corrected chi connectivity index (χ1v) is 13.3. The average Bonchev–Trinajstić information content (AvgIpc) is 3.00. The quantitative estimate of drug-likeness (QED) is 0.337. The van der Waals surface area contributed by atoms with Crippen LogP contribution in [0.4, 0.5) is 8.78 Å². The third-order valence-corrected chi connectivity index (χ3v) is 7.04. The molecule has 0 spiro atoms. The number of hydrogen-bond acceptors (Lipinski definition) is 8. The minimum atomic E-state index is -1.07. The second-order valence-electron chi connectivity index (χ2n) is 9.94. The van der Waals surface area contributed by atoms with Crippen LogP contribution in [0, 0.1) is 11.6 Å². The fraction of sp³-hybridized carbons (Fsp3) is 0.200. The lowest BCUT2D eigenvalue weighted by Crippen LogP contribution is -2.54. The van der Waals surface area contributed by atoms with Crippen molar-refractivity contribution in [3.05, 3.63) is 117 Å². The van der Waals surface area contributed by atoms with E-state index in [0.717, 1.165) is 17.8 Å². The van der Waals surface area contributed by atoms with Crippen LogP contribution in [0.1, 0.15) is 37.7 Å². The maximum absolute atomic E-state index is 14.1. The van der Waals surface area contributed by atoms with Crippen molar-refractivity contribution in [3.8, 4) is 17.2 Å². The van der Waals surface area contributed by atoms with Crippen molar-refractivity contribution in [1.29, 1.82) is 0 Å². The number of halogens is 2. The molecule has 0 saturated carbocycles. The largest absolute Gasteiger partial charge is 0.502 e. The molecule has 4 heterocycles. The fourth-order valence-corrected chi connectivity index (χ4v) is 4.92. The van der Waals surface area contributed by atoms with Crippen LogP contribution in [-0.2, 0) is 19.6 Å². The van der Waals surface area contributed by atoms with Crippen LogP contribution in [0.25, 0.3) is 0 Å². The number of amides is 2. The van der Waals surface area contributed by atoms with Gasteiger partial charge in [0.05, 0.1) is 12.2 Å². The van der Waals surface area contributed by atoms with E-state index in [4.69, 9.17) is 9.47 Å². The van der Waals surface area contributed by atoms with Crippen molar-refractivity contribution in [1.82, 2.24) is 19.9 Å². The summed E-state index contributed by atoms with van der Waals surface area (Å²) >= 11 is 0. The molecule has 2 aliphatic heterocycles. The van der Waals surface area contributed by atoms with E-state index in [1.54, 1.807) is 47.6 Å². The summed E-state index contributed by atoms with van der Waals surface area (Å²) in [5.74, 6) is -2.95. The summed E-state index contributed by atoms with van der Waals surface area (Å²) in [6.45, 7) is 0.785. The van der Waals surface area contributed by atoms with Crippen molar-refractivity contribution >= 4 is 11.8 Å². The van der Waals surface area contributed by atoms with Gasteiger partial charge in [0.25, 0.3) is 11.8 Å². The summed E-state index contributed by atoms with van der Waals surface area (Å²) in [6.07, 6.45) is 2.77. The molecular formula is C30H25F2N5O6. The monoisotopic (exact) mass is 589 g/mol. The highest BCUT2D eigenvalue weighted by Crippen LogP contribution is 2.32. The number of carbonyl (C=O) groups excluding carboxylic acids is 2. The summed E-state index contributed by atoms with van der Waals surface area (Å²) in [5, 5.41) is 15.1. The number of fused-ring (bicyclic) bond motifs is 2. The van der Waals surface area contributed by atoms with Gasteiger partial charge in [-0.25, -0.2) is 8.78 Å². The van der Waals surface area contributed by atoms with Gasteiger partial charge in [-0.05, 0) is 35.9 Å². The third-order valence-electron chi connectivity index (χ3n) is 7.04. The van der Waals surface area contributed by atoms with E-state index in [1.807, 2.05) is 0 Å². The maximum Gasteiger partial charge on any atom is 0.278 e. The summed E-state index contributed by atoms with van der Waals surface area (Å²) in [7, 11) is 0. The zero-order chi connectivity index (χ0) is 30.1. The fourth-order valence-electron chi connectivity index (χ4n) is 4.92. The van der Waals surface area contributed by atoms with E-state index in [2.05, 4.69) is 10.3 Å². The highest BCUT2D eigenvalue weighted by molar-refractivity contribution is 5.99. The van der Waals surface area contributed by atoms with Crippen LogP contribution in [0.3, 0.4) is 0 Å². The van der Waals surface area contributed by atoms with E-state index in [0.29, 0.717) is 36.5 Å². The van der Waals surface area contributed by atoms with Crippen molar-refractivity contribution < 1.29 is 33.0 Å². The van der Waals surface area contributed by atoms with Crippen molar-refractivity contribution in [3.63, 3.8) is 0 Å². The third kappa shape index (κ3) is 5.56. The van der Waals surface area contributed by atoms with Crippen LogP contribution < -0.4 is 25.2 Å². The molecule has 0 aliphatic carbocycles. The van der Waals surface area contributed by atoms with Gasteiger partial charge in [0.1, 0.15) is 37.1 Å². The Morgan fingerprint density at radius 2 is 1.81 bits per heavy atom. The van der Waals surface area contributed by atoms with Crippen LogP contribution >= 0.6 is 0 Å². The van der Waals surface area contributed by atoms with Gasteiger partial charge in [-0.15, -0.1) is 0 Å².